The van der Waals surface area contributed by atoms with Crippen LogP contribution in [0.15, 0.2) is 57.0 Å². The van der Waals surface area contributed by atoms with Crippen LogP contribution in [0, 0.1) is 5.82 Å². The molecule has 0 bridgehead atoms. The predicted octanol–water partition coefficient (Wildman–Crippen LogP) is 5.03. The summed E-state index contributed by atoms with van der Waals surface area (Å²) < 4.78 is 23.9. The minimum atomic E-state index is -0.315. The summed E-state index contributed by atoms with van der Waals surface area (Å²) in [4.78, 5) is 9.71. The predicted molar refractivity (Wildman–Crippen MR) is 94.5 cm³/mol. The molecule has 8 heteroatoms. The molecule has 0 saturated carbocycles. The molecule has 0 spiro atoms. The van der Waals surface area contributed by atoms with E-state index in [4.69, 9.17) is 8.94 Å². The molecule has 25 heavy (non-hydrogen) atoms. The molecule has 0 atom stereocenters. The molecule has 126 valence electrons. The molecule has 1 aromatic carbocycles. The second kappa shape index (κ2) is 7.20. The highest BCUT2D eigenvalue weighted by Gasteiger charge is 2.11. The number of hydrogen-bond acceptors (Lipinski definition) is 7. The molecule has 0 fully saturated rings. The molecule has 0 saturated heterocycles. The summed E-state index contributed by atoms with van der Waals surface area (Å²) in [5, 5.41) is 5.95. The number of thiophene rings is 1. The van der Waals surface area contributed by atoms with E-state index in [0.29, 0.717) is 34.7 Å². The molecule has 0 N–H and O–H groups in total. The van der Waals surface area contributed by atoms with Crippen molar-refractivity contribution < 1.29 is 13.3 Å². The van der Waals surface area contributed by atoms with Gasteiger partial charge in [-0.3, -0.25) is 0 Å². The maximum absolute atomic E-state index is 13.3. The first-order valence-electron chi connectivity index (χ1n) is 7.42. The Bertz CT molecular complexity index is 966. The molecular formula is C17H12FN3O2S2. The van der Waals surface area contributed by atoms with Gasteiger partial charge in [0.15, 0.2) is 5.82 Å². The highest BCUT2D eigenvalue weighted by Crippen LogP contribution is 2.25. The van der Waals surface area contributed by atoms with Crippen LogP contribution in [0.4, 0.5) is 4.39 Å². The van der Waals surface area contributed by atoms with E-state index in [2.05, 4.69) is 15.1 Å². The van der Waals surface area contributed by atoms with Crippen LogP contribution in [-0.4, -0.2) is 15.1 Å². The molecule has 0 radical (unpaired) electrons. The highest BCUT2D eigenvalue weighted by molar-refractivity contribution is 7.97. The summed E-state index contributed by atoms with van der Waals surface area (Å²) >= 11 is 3.16. The van der Waals surface area contributed by atoms with Crippen LogP contribution in [0.3, 0.4) is 0 Å². The van der Waals surface area contributed by atoms with Crippen molar-refractivity contribution in [3.05, 3.63) is 65.4 Å². The van der Waals surface area contributed by atoms with Crippen LogP contribution in [-0.2, 0) is 11.5 Å². The molecule has 0 aliphatic carbocycles. The first-order chi connectivity index (χ1) is 12.3. The molecule has 3 heterocycles. The maximum atomic E-state index is 13.3. The average molecular weight is 373 g/mol. The van der Waals surface area contributed by atoms with Crippen LogP contribution in [0.1, 0.15) is 11.5 Å². The van der Waals surface area contributed by atoms with E-state index in [-0.39, 0.29) is 5.82 Å². The van der Waals surface area contributed by atoms with E-state index < -0.39 is 0 Å². The third kappa shape index (κ3) is 3.80. The maximum Gasteiger partial charge on any atom is 0.268 e. The van der Waals surface area contributed by atoms with Gasteiger partial charge in [-0.25, -0.2) is 9.37 Å². The lowest BCUT2D eigenvalue weighted by atomic mass is 10.2. The van der Waals surface area contributed by atoms with E-state index in [9.17, 15) is 4.39 Å². The van der Waals surface area contributed by atoms with Crippen molar-refractivity contribution in [2.75, 3.05) is 0 Å². The Balaban J connectivity index is 1.35. The number of halogens is 1. The third-order valence-corrected chi connectivity index (χ3v) is 5.12. The summed E-state index contributed by atoms with van der Waals surface area (Å²) in [6, 6.07) is 10.1. The standard InChI is InChI=1S/C17H12FN3O2S2/c18-12-4-1-3-11(7-12)16-19-13(8-22-16)9-24-10-15-20-17(23-21-15)14-5-2-6-25-14/h1-8H,9-10H2. The van der Waals surface area contributed by atoms with Crippen LogP contribution < -0.4 is 0 Å². The van der Waals surface area contributed by atoms with E-state index in [0.717, 1.165) is 10.6 Å². The first kappa shape index (κ1) is 16.0. The van der Waals surface area contributed by atoms with Crippen molar-refractivity contribution in [1.29, 1.82) is 0 Å². The first-order valence-corrected chi connectivity index (χ1v) is 9.46. The van der Waals surface area contributed by atoms with Gasteiger partial charge < -0.3 is 8.94 Å². The summed E-state index contributed by atoms with van der Waals surface area (Å²) in [7, 11) is 0. The van der Waals surface area contributed by atoms with Gasteiger partial charge in [-0.15, -0.1) is 23.1 Å². The minimum absolute atomic E-state index is 0.315. The Kier molecular flexibility index (Phi) is 4.62. The average Bonchev–Trinajstić information content (AvgIpc) is 3.36. The second-order valence-corrected chi connectivity index (χ2v) is 7.07. The van der Waals surface area contributed by atoms with E-state index in [1.54, 1.807) is 41.5 Å². The lowest BCUT2D eigenvalue weighted by Gasteiger charge is -1.95. The van der Waals surface area contributed by atoms with Crippen molar-refractivity contribution in [2.24, 2.45) is 0 Å². The molecule has 0 aliphatic heterocycles. The van der Waals surface area contributed by atoms with Gasteiger partial charge >= 0.3 is 0 Å². The molecule has 4 aromatic rings. The molecule has 4 rings (SSSR count). The molecule has 3 aromatic heterocycles. The van der Waals surface area contributed by atoms with Crippen molar-refractivity contribution in [2.45, 2.75) is 11.5 Å². The van der Waals surface area contributed by atoms with Gasteiger partial charge in [0, 0.05) is 11.3 Å². The largest absolute Gasteiger partial charge is 0.444 e. The normalized spacial score (nSPS) is 11.1. The topological polar surface area (TPSA) is 65.0 Å². The smallest absolute Gasteiger partial charge is 0.268 e. The number of oxazole rings is 1. The summed E-state index contributed by atoms with van der Waals surface area (Å²) in [5.74, 6) is 2.53. The minimum Gasteiger partial charge on any atom is -0.444 e. The van der Waals surface area contributed by atoms with Crippen molar-refractivity contribution in [3.63, 3.8) is 0 Å². The van der Waals surface area contributed by atoms with Gasteiger partial charge in [-0.1, -0.05) is 17.3 Å². The fourth-order valence-corrected chi connectivity index (χ4v) is 3.58. The van der Waals surface area contributed by atoms with Crippen LogP contribution in [0.5, 0.6) is 0 Å². The van der Waals surface area contributed by atoms with Crippen molar-refractivity contribution >= 4 is 23.1 Å². The van der Waals surface area contributed by atoms with Gasteiger partial charge in [-0.05, 0) is 29.6 Å². The Labute approximate surface area is 150 Å². The lowest BCUT2D eigenvalue weighted by molar-refractivity contribution is 0.426. The zero-order valence-corrected chi connectivity index (χ0v) is 14.5. The van der Waals surface area contributed by atoms with Crippen LogP contribution in [0.2, 0.25) is 0 Å². The number of nitrogens with zero attached hydrogens (tertiary/aromatic N) is 3. The molecule has 5 nitrogen and oxygen atoms in total. The lowest BCUT2D eigenvalue weighted by Crippen LogP contribution is -1.87. The van der Waals surface area contributed by atoms with Gasteiger partial charge in [-0.2, -0.15) is 4.98 Å². The Morgan fingerprint density at radius 1 is 1.08 bits per heavy atom. The highest BCUT2D eigenvalue weighted by atomic mass is 32.2. The second-order valence-electron chi connectivity index (χ2n) is 5.14. The molecular weight excluding hydrogens is 361 g/mol. The van der Waals surface area contributed by atoms with E-state index >= 15 is 0 Å². The Morgan fingerprint density at radius 3 is 2.88 bits per heavy atom. The van der Waals surface area contributed by atoms with Crippen molar-refractivity contribution in [3.8, 4) is 22.2 Å². The SMILES string of the molecule is Fc1cccc(-c2nc(CSCc3noc(-c4cccs4)n3)co2)c1. The zero-order chi connectivity index (χ0) is 17.1. The van der Waals surface area contributed by atoms with E-state index in [1.807, 2.05) is 17.5 Å². The Morgan fingerprint density at radius 2 is 2.04 bits per heavy atom. The van der Waals surface area contributed by atoms with E-state index in [1.165, 1.54) is 12.1 Å². The zero-order valence-electron chi connectivity index (χ0n) is 12.9. The summed E-state index contributed by atoms with van der Waals surface area (Å²) in [5.41, 5.74) is 1.40. The Hall–Kier alpha value is -2.45. The fourth-order valence-electron chi connectivity index (χ4n) is 2.19. The molecule has 0 amide bonds. The van der Waals surface area contributed by atoms with Gasteiger partial charge in [0.1, 0.15) is 12.1 Å². The quantitative estimate of drug-likeness (QED) is 0.472. The molecule has 0 aliphatic rings. The third-order valence-electron chi connectivity index (χ3n) is 3.30. The van der Waals surface area contributed by atoms with Gasteiger partial charge in [0.2, 0.25) is 5.89 Å². The van der Waals surface area contributed by atoms with Crippen LogP contribution >= 0.6 is 23.1 Å². The number of thioether (sulfide) groups is 1. The number of aromatic nitrogens is 3. The van der Waals surface area contributed by atoms with Gasteiger partial charge in [0.25, 0.3) is 5.89 Å². The van der Waals surface area contributed by atoms with Crippen LogP contribution in [0.25, 0.3) is 22.2 Å². The fraction of sp³-hybridized carbons (Fsp3) is 0.118. The summed E-state index contributed by atoms with van der Waals surface area (Å²) in [6.07, 6.45) is 1.58. The number of benzene rings is 1. The molecule has 0 unspecified atom stereocenters. The summed E-state index contributed by atoms with van der Waals surface area (Å²) in [6.45, 7) is 0. The monoisotopic (exact) mass is 373 g/mol. The number of rotatable bonds is 6. The van der Waals surface area contributed by atoms with Crippen molar-refractivity contribution in [1.82, 2.24) is 15.1 Å². The number of hydrogen-bond donors (Lipinski definition) is 0. The van der Waals surface area contributed by atoms with Gasteiger partial charge in [0.05, 0.1) is 16.3 Å².